The number of nitrogens with zero attached hydrogens (tertiary/aromatic N) is 2. The summed E-state index contributed by atoms with van der Waals surface area (Å²) < 4.78 is 38.8. The van der Waals surface area contributed by atoms with E-state index in [1.807, 2.05) is 0 Å². The number of halogens is 3. The van der Waals surface area contributed by atoms with Crippen molar-refractivity contribution in [2.45, 2.75) is 0 Å². The van der Waals surface area contributed by atoms with Crippen molar-refractivity contribution in [1.82, 2.24) is 0 Å². The molecule has 2 N–H and O–H groups in total. The number of rotatable bonds is 0. The van der Waals surface area contributed by atoms with Crippen LogP contribution in [-0.4, -0.2) is 0 Å². The van der Waals surface area contributed by atoms with Gasteiger partial charge in [-0.3, -0.25) is 0 Å². The minimum absolute atomic E-state index is 1.03. The number of nitriles is 2. The zero-order valence-corrected chi connectivity index (χ0v) is 6.61. The highest BCUT2D eigenvalue weighted by Gasteiger charge is 2.23. The molecule has 0 aliphatic rings. The number of hydrogen-bond donors (Lipinski definition) is 1. The van der Waals surface area contributed by atoms with E-state index in [9.17, 15) is 13.2 Å². The summed E-state index contributed by atoms with van der Waals surface area (Å²) in [6.07, 6.45) is 0. The van der Waals surface area contributed by atoms with Gasteiger partial charge in [-0.1, -0.05) is 0 Å². The number of nitrogens with two attached hydrogens (primary N) is 1. The van der Waals surface area contributed by atoms with Crippen molar-refractivity contribution in [3.8, 4) is 12.1 Å². The lowest BCUT2D eigenvalue weighted by Crippen LogP contribution is -2.05. The molecule has 14 heavy (non-hydrogen) atoms. The van der Waals surface area contributed by atoms with E-state index in [0.29, 0.717) is 0 Å². The predicted molar refractivity (Wildman–Crippen MR) is 40.2 cm³/mol. The maximum atomic E-state index is 13.0. The van der Waals surface area contributed by atoms with Crippen LogP contribution in [-0.2, 0) is 0 Å². The minimum atomic E-state index is -1.53. The van der Waals surface area contributed by atoms with Crippen LogP contribution in [0.1, 0.15) is 11.1 Å². The van der Waals surface area contributed by atoms with Gasteiger partial charge in [-0.15, -0.1) is 0 Å². The van der Waals surface area contributed by atoms with E-state index in [0.717, 1.165) is 12.1 Å². The van der Waals surface area contributed by atoms with Gasteiger partial charge in [0.25, 0.3) is 0 Å². The molecule has 0 fully saturated rings. The lowest BCUT2D eigenvalue weighted by molar-refractivity contribution is 0.540. The topological polar surface area (TPSA) is 73.6 Å². The van der Waals surface area contributed by atoms with Gasteiger partial charge >= 0.3 is 0 Å². The molecule has 0 unspecified atom stereocenters. The molecule has 0 atom stereocenters. The van der Waals surface area contributed by atoms with Gasteiger partial charge in [0.05, 0.1) is 0 Å². The molecule has 1 aromatic carbocycles. The van der Waals surface area contributed by atoms with E-state index in [2.05, 4.69) is 0 Å². The standard InChI is InChI=1S/C8H2F3N3/c9-5-3(1-12)6(10)8(14)7(11)4(5)2-13/h14H2. The van der Waals surface area contributed by atoms with Crippen molar-refractivity contribution in [3.05, 3.63) is 28.6 Å². The van der Waals surface area contributed by atoms with Crippen LogP contribution >= 0.6 is 0 Å². The fraction of sp³-hybridized carbons (Fsp3) is 0. The molecule has 0 spiro atoms. The molecular weight excluding hydrogens is 195 g/mol. The zero-order chi connectivity index (χ0) is 10.9. The Morgan fingerprint density at radius 1 is 0.857 bits per heavy atom. The van der Waals surface area contributed by atoms with Crippen molar-refractivity contribution in [2.24, 2.45) is 0 Å². The van der Waals surface area contributed by atoms with E-state index < -0.39 is 34.3 Å². The highest BCUT2D eigenvalue weighted by molar-refractivity contribution is 5.56. The van der Waals surface area contributed by atoms with Crippen LogP contribution in [0.25, 0.3) is 0 Å². The molecule has 0 bridgehead atoms. The molecule has 0 heterocycles. The summed E-state index contributed by atoms with van der Waals surface area (Å²) >= 11 is 0. The predicted octanol–water partition coefficient (Wildman–Crippen LogP) is 1.43. The Bertz CT molecular complexity index is 441. The number of anilines is 1. The van der Waals surface area contributed by atoms with Crippen LogP contribution < -0.4 is 5.73 Å². The highest BCUT2D eigenvalue weighted by atomic mass is 19.1. The lowest BCUT2D eigenvalue weighted by Gasteiger charge is -2.03. The van der Waals surface area contributed by atoms with Crippen LogP contribution in [0.2, 0.25) is 0 Å². The molecule has 0 amide bonds. The first-order chi connectivity index (χ1) is 6.54. The average molecular weight is 197 g/mol. The third kappa shape index (κ3) is 1.14. The van der Waals surface area contributed by atoms with Crippen LogP contribution in [0.15, 0.2) is 0 Å². The normalized spacial score (nSPS) is 9.21. The molecular formula is C8H2F3N3. The summed E-state index contributed by atoms with van der Waals surface area (Å²) in [5, 5.41) is 16.6. The molecule has 0 aliphatic carbocycles. The third-order valence-electron chi connectivity index (χ3n) is 1.57. The van der Waals surface area contributed by atoms with E-state index in [1.54, 1.807) is 0 Å². The number of benzene rings is 1. The van der Waals surface area contributed by atoms with Gasteiger partial charge in [-0.2, -0.15) is 10.5 Å². The molecule has 1 aromatic rings. The maximum absolute atomic E-state index is 13.0. The fourth-order valence-corrected chi connectivity index (χ4v) is 0.880. The van der Waals surface area contributed by atoms with Crippen molar-refractivity contribution >= 4 is 5.69 Å². The van der Waals surface area contributed by atoms with Gasteiger partial charge in [0.15, 0.2) is 17.5 Å². The summed E-state index contributed by atoms with van der Waals surface area (Å²) in [6, 6.07) is 2.32. The minimum Gasteiger partial charge on any atom is -0.394 e. The highest BCUT2D eigenvalue weighted by Crippen LogP contribution is 2.25. The van der Waals surface area contributed by atoms with Gasteiger partial charge < -0.3 is 5.73 Å². The van der Waals surface area contributed by atoms with E-state index in [1.165, 1.54) is 0 Å². The van der Waals surface area contributed by atoms with E-state index in [-0.39, 0.29) is 0 Å². The molecule has 0 aromatic heterocycles. The van der Waals surface area contributed by atoms with Gasteiger partial charge in [-0.05, 0) is 0 Å². The van der Waals surface area contributed by atoms with Crippen molar-refractivity contribution in [1.29, 1.82) is 10.5 Å². The first-order valence-electron chi connectivity index (χ1n) is 3.30. The molecule has 3 nitrogen and oxygen atoms in total. The Balaban J connectivity index is 3.78. The Morgan fingerprint density at radius 3 is 1.50 bits per heavy atom. The third-order valence-corrected chi connectivity index (χ3v) is 1.57. The monoisotopic (exact) mass is 197 g/mol. The van der Waals surface area contributed by atoms with Gasteiger partial charge in [-0.25, -0.2) is 13.2 Å². The Labute approximate surface area is 76.8 Å². The Kier molecular flexibility index (Phi) is 2.30. The fourth-order valence-electron chi connectivity index (χ4n) is 0.880. The summed E-state index contributed by atoms with van der Waals surface area (Å²) in [6.45, 7) is 0. The van der Waals surface area contributed by atoms with Crippen molar-refractivity contribution in [3.63, 3.8) is 0 Å². The molecule has 70 valence electrons. The molecule has 1 rings (SSSR count). The Morgan fingerprint density at radius 2 is 1.21 bits per heavy atom. The lowest BCUT2D eigenvalue weighted by atomic mass is 10.1. The zero-order valence-electron chi connectivity index (χ0n) is 6.61. The SMILES string of the molecule is N#Cc1c(F)c(N)c(F)c(C#N)c1F. The maximum Gasteiger partial charge on any atom is 0.169 e. The first kappa shape index (κ1) is 9.87. The summed E-state index contributed by atoms with van der Waals surface area (Å²) in [4.78, 5) is 0. The molecule has 6 heteroatoms. The number of hydrogen-bond acceptors (Lipinski definition) is 3. The first-order valence-corrected chi connectivity index (χ1v) is 3.30. The summed E-state index contributed by atoms with van der Waals surface area (Å²) in [5.74, 6) is -4.50. The van der Waals surface area contributed by atoms with E-state index in [4.69, 9.17) is 16.3 Å². The second-order valence-electron chi connectivity index (χ2n) is 2.33. The molecule has 0 saturated heterocycles. The van der Waals surface area contributed by atoms with Crippen LogP contribution in [0.5, 0.6) is 0 Å². The van der Waals surface area contributed by atoms with Crippen LogP contribution in [0, 0.1) is 40.1 Å². The van der Waals surface area contributed by atoms with E-state index >= 15 is 0 Å². The van der Waals surface area contributed by atoms with Crippen molar-refractivity contribution < 1.29 is 13.2 Å². The van der Waals surface area contributed by atoms with Gasteiger partial charge in [0.2, 0.25) is 0 Å². The Hall–Kier alpha value is -2.21. The molecule has 0 saturated carbocycles. The van der Waals surface area contributed by atoms with Crippen LogP contribution in [0.3, 0.4) is 0 Å². The second kappa shape index (κ2) is 3.27. The molecule has 0 aliphatic heterocycles. The van der Waals surface area contributed by atoms with Gasteiger partial charge in [0.1, 0.15) is 29.0 Å². The largest absolute Gasteiger partial charge is 0.394 e. The summed E-state index contributed by atoms with van der Waals surface area (Å²) in [5.41, 5.74) is 1.75. The smallest absolute Gasteiger partial charge is 0.169 e. The molecule has 0 radical (unpaired) electrons. The average Bonchev–Trinajstić information content (AvgIpc) is 2.16. The van der Waals surface area contributed by atoms with Gasteiger partial charge in [0, 0.05) is 0 Å². The second-order valence-corrected chi connectivity index (χ2v) is 2.33. The number of nitrogen functional groups attached to an aromatic ring is 1. The summed E-state index contributed by atoms with van der Waals surface area (Å²) in [7, 11) is 0. The van der Waals surface area contributed by atoms with Crippen LogP contribution in [0.4, 0.5) is 18.9 Å². The van der Waals surface area contributed by atoms with Crippen molar-refractivity contribution in [2.75, 3.05) is 5.73 Å². The quantitative estimate of drug-likeness (QED) is 0.639.